The van der Waals surface area contributed by atoms with Crippen LogP contribution < -0.4 is 15.6 Å². The normalized spacial score (nSPS) is 19.0. The monoisotopic (exact) mass is 397 g/mol. The first-order valence-corrected chi connectivity index (χ1v) is 10.3. The molecule has 0 saturated carbocycles. The third-order valence-corrected chi connectivity index (χ3v) is 5.65. The molecule has 0 amide bonds. The Morgan fingerprint density at radius 3 is 2.65 bits per heavy atom. The van der Waals surface area contributed by atoms with Gasteiger partial charge in [0.25, 0.3) is 0 Å². The zero-order valence-electron chi connectivity index (χ0n) is 15.0. The summed E-state index contributed by atoms with van der Waals surface area (Å²) in [6.07, 6.45) is 2.87. The summed E-state index contributed by atoms with van der Waals surface area (Å²) in [6.45, 7) is 9.17. The first-order chi connectivity index (χ1) is 12.8. The van der Waals surface area contributed by atoms with Gasteiger partial charge in [-0.25, -0.2) is 0 Å². The first-order valence-electron chi connectivity index (χ1n) is 9.11. The van der Waals surface area contributed by atoms with Gasteiger partial charge >= 0.3 is 0 Å². The van der Waals surface area contributed by atoms with Crippen LogP contribution in [0.25, 0.3) is 0 Å². The molecule has 2 N–H and O–H groups in total. The molecule has 26 heavy (non-hydrogen) atoms. The second kappa shape index (κ2) is 10.8. The van der Waals surface area contributed by atoms with E-state index in [0.717, 1.165) is 77.0 Å². The fraction of sp³-hybridized carbons (Fsp3) is 0.647. The molecule has 2 aliphatic rings. The molecule has 0 bridgehead atoms. The van der Waals surface area contributed by atoms with Gasteiger partial charge in [-0.2, -0.15) is 5.10 Å². The van der Waals surface area contributed by atoms with Gasteiger partial charge in [0, 0.05) is 37.6 Å². The van der Waals surface area contributed by atoms with E-state index in [1.165, 1.54) is 5.00 Å². The summed E-state index contributed by atoms with van der Waals surface area (Å²) >= 11 is 6.99. The maximum Gasteiger partial charge on any atom is 0.186 e. The molecule has 9 heteroatoms. The highest BCUT2D eigenvalue weighted by Gasteiger charge is 2.12. The number of thiophene rings is 1. The molecule has 7 nitrogen and oxygen atoms in total. The lowest BCUT2D eigenvalue weighted by atomic mass is 10.3. The molecule has 1 aromatic heterocycles. The van der Waals surface area contributed by atoms with Crippen molar-refractivity contribution in [3.05, 3.63) is 17.0 Å². The van der Waals surface area contributed by atoms with Gasteiger partial charge in [-0.3, -0.25) is 10.3 Å². The maximum absolute atomic E-state index is 5.39. The van der Waals surface area contributed by atoms with Crippen molar-refractivity contribution < 1.29 is 9.47 Å². The van der Waals surface area contributed by atoms with E-state index in [4.69, 9.17) is 21.7 Å². The lowest BCUT2D eigenvalue weighted by molar-refractivity contribution is 0.0376. The Balaban J connectivity index is 1.30. The molecule has 2 fully saturated rings. The third-order valence-electron chi connectivity index (χ3n) is 4.33. The van der Waals surface area contributed by atoms with Crippen LogP contribution in [0.2, 0.25) is 0 Å². The molecular formula is C17H27N5O2S2. The predicted molar refractivity (Wildman–Crippen MR) is 111 cm³/mol. The van der Waals surface area contributed by atoms with E-state index in [2.05, 4.69) is 37.8 Å². The van der Waals surface area contributed by atoms with E-state index in [-0.39, 0.29) is 0 Å². The zero-order valence-corrected chi connectivity index (χ0v) is 16.6. The van der Waals surface area contributed by atoms with E-state index in [1.807, 2.05) is 6.21 Å². The third kappa shape index (κ3) is 6.48. The summed E-state index contributed by atoms with van der Waals surface area (Å²) in [7, 11) is 0. The molecule has 0 aliphatic carbocycles. The fourth-order valence-corrected chi connectivity index (χ4v) is 3.97. The Kier molecular flexibility index (Phi) is 8.09. The van der Waals surface area contributed by atoms with E-state index in [1.54, 1.807) is 11.3 Å². The van der Waals surface area contributed by atoms with Crippen molar-refractivity contribution in [1.82, 2.24) is 15.6 Å². The maximum atomic E-state index is 5.39. The fourth-order valence-electron chi connectivity index (χ4n) is 2.89. The first kappa shape index (κ1) is 19.5. The number of nitrogens with one attached hydrogen (secondary N) is 2. The zero-order chi connectivity index (χ0) is 18.0. The summed E-state index contributed by atoms with van der Waals surface area (Å²) in [5, 5.41) is 9.25. The van der Waals surface area contributed by atoms with Crippen molar-refractivity contribution in [2.75, 3.05) is 70.6 Å². The molecule has 2 saturated heterocycles. The van der Waals surface area contributed by atoms with Crippen molar-refractivity contribution in [2.24, 2.45) is 5.10 Å². The predicted octanol–water partition coefficient (Wildman–Crippen LogP) is 1.11. The SMILES string of the molecule is S=C(NCCCN1CCOCC1)N/N=C/c1ccc(N2CCOCC2)s1. The molecule has 2 aliphatic heterocycles. The van der Waals surface area contributed by atoms with Gasteiger partial charge in [0.2, 0.25) is 0 Å². The molecule has 0 radical (unpaired) electrons. The topological polar surface area (TPSA) is 61.4 Å². The Hall–Kier alpha value is -1.26. The van der Waals surface area contributed by atoms with Crippen LogP contribution in [0.5, 0.6) is 0 Å². The van der Waals surface area contributed by atoms with E-state index in [0.29, 0.717) is 5.11 Å². The Morgan fingerprint density at radius 2 is 1.88 bits per heavy atom. The van der Waals surface area contributed by atoms with Crippen molar-refractivity contribution in [3.8, 4) is 0 Å². The Morgan fingerprint density at radius 1 is 1.15 bits per heavy atom. The molecule has 3 rings (SSSR count). The van der Waals surface area contributed by atoms with Gasteiger partial charge in [0.1, 0.15) is 0 Å². The average molecular weight is 398 g/mol. The van der Waals surface area contributed by atoms with Crippen LogP contribution in [0.15, 0.2) is 17.2 Å². The smallest absolute Gasteiger partial charge is 0.186 e. The van der Waals surface area contributed by atoms with Crippen LogP contribution in [0, 0.1) is 0 Å². The van der Waals surface area contributed by atoms with Crippen molar-refractivity contribution in [2.45, 2.75) is 6.42 Å². The van der Waals surface area contributed by atoms with Crippen molar-refractivity contribution in [1.29, 1.82) is 0 Å². The highest BCUT2D eigenvalue weighted by molar-refractivity contribution is 7.80. The van der Waals surface area contributed by atoms with Gasteiger partial charge in [-0.05, 0) is 37.3 Å². The molecule has 0 spiro atoms. The van der Waals surface area contributed by atoms with Gasteiger partial charge in [-0.1, -0.05) is 0 Å². The Bertz CT molecular complexity index is 583. The second-order valence-electron chi connectivity index (χ2n) is 6.21. The number of rotatable bonds is 7. The lowest BCUT2D eigenvalue weighted by Crippen LogP contribution is -2.39. The molecule has 1 aromatic rings. The number of morpholine rings is 2. The van der Waals surface area contributed by atoms with Gasteiger partial charge < -0.3 is 19.7 Å². The number of hydrazone groups is 1. The standard InChI is InChI=1S/C17H27N5O2S2/c25-17(18-4-1-5-21-6-10-23-11-7-21)20-19-14-15-2-3-16(26-15)22-8-12-24-13-9-22/h2-3,14H,1,4-13H2,(H2,18,20,25)/b19-14+. The highest BCUT2D eigenvalue weighted by Crippen LogP contribution is 2.25. The van der Waals surface area contributed by atoms with Crippen LogP contribution in [0.3, 0.4) is 0 Å². The van der Waals surface area contributed by atoms with Crippen LogP contribution >= 0.6 is 23.6 Å². The minimum atomic E-state index is 0.563. The van der Waals surface area contributed by atoms with E-state index in [9.17, 15) is 0 Å². The minimum absolute atomic E-state index is 0.563. The van der Waals surface area contributed by atoms with Crippen LogP contribution in [-0.4, -0.2) is 81.9 Å². The number of hydrogen-bond donors (Lipinski definition) is 2. The van der Waals surface area contributed by atoms with Crippen LogP contribution in [0.1, 0.15) is 11.3 Å². The Labute approximate surface area is 164 Å². The molecule has 0 aromatic carbocycles. The number of hydrogen-bond acceptors (Lipinski definition) is 7. The van der Waals surface area contributed by atoms with E-state index >= 15 is 0 Å². The van der Waals surface area contributed by atoms with Gasteiger partial charge in [0.15, 0.2) is 5.11 Å². The summed E-state index contributed by atoms with van der Waals surface area (Å²) in [4.78, 5) is 5.87. The number of thiocarbonyl (C=S) groups is 1. The molecule has 3 heterocycles. The van der Waals surface area contributed by atoms with Gasteiger partial charge in [-0.15, -0.1) is 11.3 Å². The molecule has 0 unspecified atom stereocenters. The number of ether oxygens (including phenoxy) is 2. The van der Waals surface area contributed by atoms with Gasteiger partial charge in [0.05, 0.1) is 37.6 Å². The molecule has 0 atom stereocenters. The lowest BCUT2D eigenvalue weighted by Gasteiger charge is -2.27. The molecule has 144 valence electrons. The summed E-state index contributed by atoms with van der Waals surface area (Å²) in [5.41, 5.74) is 2.89. The second-order valence-corrected chi connectivity index (χ2v) is 7.71. The van der Waals surface area contributed by atoms with E-state index < -0.39 is 0 Å². The molecular weight excluding hydrogens is 370 g/mol. The summed E-state index contributed by atoms with van der Waals surface area (Å²) in [6, 6.07) is 4.22. The number of anilines is 1. The largest absolute Gasteiger partial charge is 0.379 e. The van der Waals surface area contributed by atoms with Crippen molar-refractivity contribution in [3.63, 3.8) is 0 Å². The highest BCUT2D eigenvalue weighted by atomic mass is 32.1. The average Bonchev–Trinajstić information content (AvgIpc) is 3.16. The number of nitrogens with zero attached hydrogens (tertiary/aromatic N) is 3. The summed E-state index contributed by atoms with van der Waals surface area (Å²) in [5.74, 6) is 0. The van der Waals surface area contributed by atoms with Crippen LogP contribution in [0.4, 0.5) is 5.00 Å². The minimum Gasteiger partial charge on any atom is -0.379 e. The summed E-state index contributed by atoms with van der Waals surface area (Å²) < 4.78 is 10.7. The van der Waals surface area contributed by atoms with Crippen molar-refractivity contribution >= 4 is 39.9 Å². The van der Waals surface area contributed by atoms with Crippen LogP contribution in [-0.2, 0) is 9.47 Å². The quantitative estimate of drug-likeness (QED) is 0.309.